The van der Waals surface area contributed by atoms with E-state index in [0.29, 0.717) is 45.4 Å². The van der Waals surface area contributed by atoms with Gasteiger partial charge in [-0.3, -0.25) is 19.0 Å². The number of nitrogens with zero attached hydrogens (tertiary/aromatic N) is 4. The molecular weight excluding hydrogens is 438 g/mol. The number of hydrogen-bond donors (Lipinski definition) is 1. The van der Waals surface area contributed by atoms with E-state index in [0.717, 1.165) is 13.1 Å². The molecular formula is C24H29N5O3S. The van der Waals surface area contributed by atoms with Crippen LogP contribution >= 0.6 is 11.3 Å². The topological polar surface area (TPSA) is 87.5 Å². The molecule has 0 radical (unpaired) electrons. The molecule has 1 N–H and O–H groups in total. The summed E-state index contributed by atoms with van der Waals surface area (Å²) in [5.74, 6) is 0.0438. The second kappa shape index (κ2) is 9.44. The Labute approximate surface area is 196 Å². The predicted octanol–water partition coefficient (Wildman–Crippen LogP) is 2.92. The highest BCUT2D eigenvalue weighted by molar-refractivity contribution is 7.20. The SMILES string of the molecule is Cc1c(C(=O)N2CCN(C)CC2)sc2ncn(CC(=O)Nc3ccc(C(C)C)cc3)c(=O)c12. The first-order valence-electron chi connectivity index (χ1n) is 11.1. The van der Waals surface area contributed by atoms with Crippen LogP contribution in [0.4, 0.5) is 5.69 Å². The number of hydrogen-bond acceptors (Lipinski definition) is 6. The van der Waals surface area contributed by atoms with Crippen molar-refractivity contribution in [1.82, 2.24) is 19.4 Å². The molecule has 0 aliphatic carbocycles. The van der Waals surface area contributed by atoms with Gasteiger partial charge in [0.25, 0.3) is 11.5 Å². The molecule has 0 saturated carbocycles. The third-order valence-electron chi connectivity index (χ3n) is 6.08. The number of thiophene rings is 1. The van der Waals surface area contributed by atoms with Gasteiger partial charge in [0.1, 0.15) is 11.4 Å². The summed E-state index contributed by atoms with van der Waals surface area (Å²) in [5, 5.41) is 3.24. The van der Waals surface area contributed by atoms with Crippen LogP contribution in [0.2, 0.25) is 0 Å². The normalized spacial score (nSPS) is 14.8. The van der Waals surface area contributed by atoms with E-state index < -0.39 is 0 Å². The highest BCUT2D eigenvalue weighted by Gasteiger charge is 2.26. The van der Waals surface area contributed by atoms with Crippen molar-refractivity contribution in [3.63, 3.8) is 0 Å². The number of carbonyl (C=O) groups excluding carboxylic acids is 2. The van der Waals surface area contributed by atoms with Gasteiger partial charge in [-0.05, 0) is 43.1 Å². The number of likely N-dealkylation sites (N-methyl/N-ethyl adjacent to an activating group) is 1. The lowest BCUT2D eigenvalue weighted by Gasteiger charge is -2.32. The number of carbonyl (C=O) groups is 2. The van der Waals surface area contributed by atoms with Crippen LogP contribution in [0.25, 0.3) is 10.2 Å². The Morgan fingerprint density at radius 3 is 2.42 bits per heavy atom. The van der Waals surface area contributed by atoms with Crippen LogP contribution in [0.5, 0.6) is 0 Å². The van der Waals surface area contributed by atoms with Crippen molar-refractivity contribution < 1.29 is 9.59 Å². The number of piperazine rings is 1. The van der Waals surface area contributed by atoms with Crippen molar-refractivity contribution in [2.24, 2.45) is 0 Å². The van der Waals surface area contributed by atoms with Gasteiger partial charge in [-0.1, -0.05) is 26.0 Å². The highest BCUT2D eigenvalue weighted by atomic mass is 32.1. The standard InChI is InChI=1S/C24H29N5O3S/c1-15(2)17-5-7-18(8-6-17)26-19(30)13-29-14-25-22-20(23(29)31)16(3)21(33-22)24(32)28-11-9-27(4)10-12-28/h5-8,14-15H,9-13H2,1-4H3,(H,26,30). The zero-order chi connectivity index (χ0) is 23.7. The zero-order valence-corrected chi connectivity index (χ0v) is 20.2. The third kappa shape index (κ3) is 4.84. The number of benzene rings is 1. The highest BCUT2D eigenvalue weighted by Crippen LogP contribution is 2.28. The maximum Gasteiger partial charge on any atom is 0.264 e. The monoisotopic (exact) mass is 467 g/mol. The summed E-state index contributed by atoms with van der Waals surface area (Å²) in [4.78, 5) is 48.2. The fraction of sp³-hybridized carbons (Fsp3) is 0.417. The van der Waals surface area contributed by atoms with E-state index in [1.807, 2.05) is 36.2 Å². The summed E-state index contributed by atoms with van der Waals surface area (Å²) in [6.45, 7) is 8.85. The summed E-state index contributed by atoms with van der Waals surface area (Å²) < 4.78 is 1.30. The molecule has 0 spiro atoms. The fourth-order valence-corrected chi connectivity index (χ4v) is 5.04. The van der Waals surface area contributed by atoms with E-state index in [9.17, 15) is 14.4 Å². The molecule has 1 fully saturated rings. The first-order valence-corrected chi connectivity index (χ1v) is 11.9. The van der Waals surface area contributed by atoms with Crippen molar-refractivity contribution in [2.75, 3.05) is 38.5 Å². The van der Waals surface area contributed by atoms with Crippen LogP contribution in [0, 0.1) is 6.92 Å². The average molecular weight is 468 g/mol. The Hall–Kier alpha value is -3.04. The van der Waals surface area contributed by atoms with Crippen LogP contribution < -0.4 is 10.9 Å². The first-order chi connectivity index (χ1) is 15.7. The van der Waals surface area contributed by atoms with Crippen LogP contribution in [-0.4, -0.2) is 64.4 Å². The number of fused-ring (bicyclic) bond motifs is 1. The van der Waals surface area contributed by atoms with Crippen molar-refractivity contribution in [3.05, 3.63) is 57.0 Å². The Kier molecular flexibility index (Phi) is 6.62. The first kappa shape index (κ1) is 23.1. The molecule has 2 amide bonds. The molecule has 4 rings (SSSR count). The molecule has 1 aliphatic heterocycles. The second-order valence-corrected chi connectivity index (χ2v) is 9.83. The molecule has 2 aromatic heterocycles. The average Bonchev–Trinajstić information content (AvgIpc) is 3.13. The summed E-state index contributed by atoms with van der Waals surface area (Å²) in [6, 6.07) is 7.68. The van der Waals surface area contributed by atoms with Crippen molar-refractivity contribution in [1.29, 1.82) is 0 Å². The molecule has 0 bridgehead atoms. The Bertz CT molecular complexity index is 1240. The molecule has 0 unspecified atom stereocenters. The van der Waals surface area contributed by atoms with Gasteiger partial charge in [0, 0.05) is 31.9 Å². The van der Waals surface area contributed by atoms with Crippen LogP contribution in [0.3, 0.4) is 0 Å². The maximum atomic E-state index is 13.1. The quantitative estimate of drug-likeness (QED) is 0.623. The Morgan fingerprint density at radius 2 is 1.79 bits per heavy atom. The van der Waals surface area contributed by atoms with Crippen molar-refractivity contribution >= 4 is 39.1 Å². The largest absolute Gasteiger partial charge is 0.335 e. The van der Waals surface area contributed by atoms with Crippen LogP contribution in [0.15, 0.2) is 35.4 Å². The molecule has 1 saturated heterocycles. The predicted molar refractivity (Wildman–Crippen MR) is 131 cm³/mol. The third-order valence-corrected chi connectivity index (χ3v) is 7.26. The molecule has 3 heterocycles. The molecule has 9 heteroatoms. The lowest BCUT2D eigenvalue weighted by Crippen LogP contribution is -2.47. The summed E-state index contributed by atoms with van der Waals surface area (Å²) in [5.41, 5.74) is 2.19. The van der Waals surface area contributed by atoms with E-state index in [-0.39, 0.29) is 23.9 Å². The van der Waals surface area contributed by atoms with Gasteiger partial charge >= 0.3 is 0 Å². The van der Waals surface area contributed by atoms with E-state index in [4.69, 9.17) is 0 Å². The number of aromatic nitrogens is 2. The lowest BCUT2D eigenvalue weighted by atomic mass is 10.0. The van der Waals surface area contributed by atoms with Gasteiger partial charge in [-0.2, -0.15) is 0 Å². The smallest absolute Gasteiger partial charge is 0.264 e. The number of aryl methyl sites for hydroxylation is 1. The molecule has 0 atom stereocenters. The summed E-state index contributed by atoms with van der Waals surface area (Å²) in [6.07, 6.45) is 1.38. The van der Waals surface area contributed by atoms with Crippen LogP contribution in [-0.2, 0) is 11.3 Å². The molecule has 3 aromatic rings. The minimum atomic E-state index is -0.309. The van der Waals surface area contributed by atoms with Gasteiger partial charge in [0.2, 0.25) is 5.91 Å². The lowest BCUT2D eigenvalue weighted by molar-refractivity contribution is -0.116. The van der Waals surface area contributed by atoms with Gasteiger partial charge in [0.05, 0.1) is 16.6 Å². The van der Waals surface area contributed by atoms with Crippen LogP contribution in [0.1, 0.15) is 40.6 Å². The second-order valence-electron chi connectivity index (χ2n) is 8.83. The molecule has 174 valence electrons. The van der Waals surface area contributed by atoms with Gasteiger partial charge in [-0.25, -0.2) is 4.98 Å². The van der Waals surface area contributed by atoms with E-state index in [1.165, 1.54) is 27.8 Å². The number of rotatable bonds is 5. The Morgan fingerprint density at radius 1 is 1.12 bits per heavy atom. The molecule has 33 heavy (non-hydrogen) atoms. The minimum Gasteiger partial charge on any atom is -0.335 e. The number of nitrogens with one attached hydrogen (secondary N) is 1. The Balaban J connectivity index is 1.53. The number of anilines is 1. The van der Waals surface area contributed by atoms with E-state index in [1.54, 1.807) is 6.92 Å². The molecule has 8 nitrogen and oxygen atoms in total. The molecule has 1 aliphatic rings. The van der Waals surface area contributed by atoms with Crippen molar-refractivity contribution in [3.8, 4) is 0 Å². The van der Waals surface area contributed by atoms with Gasteiger partial charge < -0.3 is 15.1 Å². The van der Waals surface area contributed by atoms with E-state index >= 15 is 0 Å². The minimum absolute atomic E-state index is 0.0582. The zero-order valence-electron chi connectivity index (χ0n) is 19.4. The van der Waals surface area contributed by atoms with Crippen molar-refractivity contribution in [2.45, 2.75) is 33.2 Å². The van der Waals surface area contributed by atoms with Gasteiger partial charge in [-0.15, -0.1) is 11.3 Å². The summed E-state index contributed by atoms with van der Waals surface area (Å²) >= 11 is 1.24. The van der Waals surface area contributed by atoms with Gasteiger partial charge in [0.15, 0.2) is 0 Å². The van der Waals surface area contributed by atoms with E-state index in [2.05, 4.69) is 29.0 Å². The summed E-state index contributed by atoms with van der Waals surface area (Å²) in [7, 11) is 2.04. The molecule has 1 aromatic carbocycles. The maximum absolute atomic E-state index is 13.1. The number of amides is 2. The fourth-order valence-electron chi connectivity index (χ4n) is 3.94.